The number of halogens is 2. The first kappa shape index (κ1) is 19.0. The lowest BCUT2D eigenvalue weighted by molar-refractivity contribution is 0.792. The first-order chi connectivity index (χ1) is 14.7. The van der Waals surface area contributed by atoms with Crippen molar-refractivity contribution in [2.75, 3.05) is 0 Å². The Morgan fingerprint density at radius 2 is 1.77 bits per heavy atom. The van der Waals surface area contributed by atoms with Crippen LogP contribution in [0.2, 0.25) is 5.02 Å². The van der Waals surface area contributed by atoms with Crippen LogP contribution in [0, 0.1) is 0 Å². The van der Waals surface area contributed by atoms with E-state index >= 15 is 0 Å². The third-order valence-electron chi connectivity index (χ3n) is 4.94. The highest BCUT2D eigenvalue weighted by molar-refractivity contribution is 9.10. The lowest BCUT2D eigenvalue weighted by Gasteiger charge is -2.11. The van der Waals surface area contributed by atoms with Crippen molar-refractivity contribution in [3.8, 4) is 11.4 Å². The Labute approximate surface area is 187 Å². The summed E-state index contributed by atoms with van der Waals surface area (Å²) in [6, 6.07) is 16.2. The van der Waals surface area contributed by atoms with Gasteiger partial charge in [0.25, 0.3) is 0 Å². The summed E-state index contributed by atoms with van der Waals surface area (Å²) in [5.74, 6) is 0.887. The van der Waals surface area contributed by atoms with Crippen LogP contribution in [0.5, 0.6) is 0 Å². The van der Waals surface area contributed by atoms with E-state index < -0.39 is 0 Å². The highest BCUT2D eigenvalue weighted by Gasteiger charge is 2.14. The molecule has 30 heavy (non-hydrogen) atoms. The number of rotatable bonds is 5. The minimum Gasteiger partial charge on any atom is -0.333 e. The third-order valence-corrected chi connectivity index (χ3v) is 5.69. The van der Waals surface area contributed by atoms with Gasteiger partial charge < -0.3 is 9.13 Å². The molecule has 2 aromatic carbocycles. The molecule has 0 saturated carbocycles. The SMILES string of the molecule is Clc1ccc(Cn2c(-c3cncc(Cn4ccnc4)c3)nc3ccc(Br)cc32)cc1. The smallest absolute Gasteiger partial charge is 0.143 e. The second kappa shape index (κ2) is 8.05. The highest BCUT2D eigenvalue weighted by Crippen LogP contribution is 2.28. The number of hydrogen-bond donors (Lipinski definition) is 0. The Morgan fingerprint density at radius 3 is 2.57 bits per heavy atom. The van der Waals surface area contributed by atoms with E-state index in [0.717, 1.165) is 43.0 Å². The van der Waals surface area contributed by atoms with Crippen molar-refractivity contribution < 1.29 is 0 Å². The molecular weight excluding hydrogens is 462 g/mol. The first-order valence-electron chi connectivity index (χ1n) is 9.46. The lowest BCUT2D eigenvalue weighted by atomic mass is 10.1. The number of imidazole rings is 2. The van der Waals surface area contributed by atoms with Crippen molar-refractivity contribution in [2.24, 2.45) is 0 Å². The second-order valence-electron chi connectivity index (χ2n) is 7.10. The molecule has 0 aliphatic rings. The second-order valence-corrected chi connectivity index (χ2v) is 8.45. The number of nitrogens with zero attached hydrogens (tertiary/aromatic N) is 5. The maximum absolute atomic E-state index is 6.07. The predicted octanol–water partition coefficient (Wildman–Crippen LogP) is 5.81. The fourth-order valence-corrected chi connectivity index (χ4v) is 4.01. The largest absolute Gasteiger partial charge is 0.333 e. The molecule has 0 aliphatic heterocycles. The molecule has 0 atom stereocenters. The molecule has 0 aliphatic carbocycles. The summed E-state index contributed by atoms with van der Waals surface area (Å²) in [4.78, 5) is 13.5. The zero-order valence-corrected chi connectivity index (χ0v) is 18.3. The van der Waals surface area contributed by atoms with E-state index in [1.54, 1.807) is 12.5 Å². The van der Waals surface area contributed by atoms with E-state index in [2.05, 4.69) is 42.6 Å². The molecule has 0 radical (unpaired) electrons. The Hall–Kier alpha value is -2.96. The van der Waals surface area contributed by atoms with Crippen LogP contribution in [0.3, 0.4) is 0 Å². The number of hydrogen-bond acceptors (Lipinski definition) is 3. The minimum absolute atomic E-state index is 0.686. The van der Waals surface area contributed by atoms with Crippen molar-refractivity contribution >= 4 is 38.6 Å². The van der Waals surface area contributed by atoms with Crippen molar-refractivity contribution in [1.82, 2.24) is 24.1 Å². The molecule has 7 heteroatoms. The van der Waals surface area contributed by atoms with Gasteiger partial charge in [-0.05, 0) is 47.5 Å². The number of fused-ring (bicyclic) bond motifs is 1. The van der Waals surface area contributed by atoms with Gasteiger partial charge in [-0.25, -0.2) is 9.97 Å². The average Bonchev–Trinajstić information content (AvgIpc) is 3.38. The molecule has 0 bridgehead atoms. The van der Waals surface area contributed by atoms with Crippen LogP contribution in [0.15, 0.2) is 84.1 Å². The summed E-state index contributed by atoms with van der Waals surface area (Å²) in [5.41, 5.74) is 5.24. The number of aromatic nitrogens is 5. The fourth-order valence-electron chi connectivity index (χ4n) is 3.54. The molecular formula is C23H17BrClN5. The van der Waals surface area contributed by atoms with Gasteiger partial charge in [-0.2, -0.15) is 0 Å². The van der Waals surface area contributed by atoms with Crippen LogP contribution >= 0.6 is 27.5 Å². The monoisotopic (exact) mass is 477 g/mol. The minimum atomic E-state index is 0.686. The van der Waals surface area contributed by atoms with Crippen LogP contribution in [0.4, 0.5) is 0 Å². The summed E-state index contributed by atoms with van der Waals surface area (Å²) < 4.78 is 5.27. The summed E-state index contributed by atoms with van der Waals surface area (Å²) in [6.45, 7) is 1.40. The van der Waals surface area contributed by atoms with Crippen LogP contribution in [0.1, 0.15) is 11.1 Å². The molecule has 148 valence electrons. The molecule has 0 spiro atoms. The van der Waals surface area contributed by atoms with E-state index in [0.29, 0.717) is 13.1 Å². The molecule has 5 nitrogen and oxygen atoms in total. The van der Waals surface area contributed by atoms with E-state index in [1.807, 2.05) is 59.6 Å². The molecule has 3 aromatic heterocycles. The maximum atomic E-state index is 6.07. The molecule has 5 rings (SSSR count). The van der Waals surface area contributed by atoms with E-state index in [9.17, 15) is 0 Å². The zero-order chi connectivity index (χ0) is 20.5. The fraction of sp³-hybridized carbons (Fsp3) is 0.0870. The Bertz CT molecular complexity index is 1310. The van der Waals surface area contributed by atoms with Crippen LogP contribution < -0.4 is 0 Å². The molecule has 0 unspecified atom stereocenters. The Kier molecular flexibility index (Phi) is 5.11. The molecule has 0 saturated heterocycles. The predicted molar refractivity (Wildman–Crippen MR) is 123 cm³/mol. The first-order valence-corrected chi connectivity index (χ1v) is 10.6. The van der Waals surface area contributed by atoms with E-state index in [1.165, 1.54) is 0 Å². The van der Waals surface area contributed by atoms with Crippen LogP contribution in [-0.2, 0) is 13.1 Å². The van der Waals surface area contributed by atoms with Gasteiger partial charge >= 0.3 is 0 Å². The Balaban J connectivity index is 1.60. The topological polar surface area (TPSA) is 48.5 Å². The van der Waals surface area contributed by atoms with Crippen molar-refractivity contribution in [3.05, 3.63) is 100 Å². The van der Waals surface area contributed by atoms with Gasteiger partial charge in [0.15, 0.2) is 0 Å². The highest BCUT2D eigenvalue weighted by atomic mass is 79.9. The molecule has 5 aromatic rings. The normalized spacial score (nSPS) is 11.3. The summed E-state index contributed by atoms with van der Waals surface area (Å²) in [7, 11) is 0. The number of pyridine rings is 1. The standard InChI is InChI=1S/C23H17BrClN5/c24-19-3-6-21-22(10-19)30(14-16-1-4-20(25)5-2-16)23(28-21)18-9-17(11-27-12-18)13-29-8-7-26-15-29/h1-12,15H,13-14H2. The number of benzene rings is 2. The Morgan fingerprint density at radius 1 is 0.900 bits per heavy atom. The van der Waals surface area contributed by atoms with Crippen molar-refractivity contribution in [2.45, 2.75) is 13.1 Å². The van der Waals surface area contributed by atoms with Crippen molar-refractivity contribution in [1.29, 1.82) is 0 Å². The summed E-state index contributed by atoms with van der Waals surface area (Å²) in [5, 5.41) is 0.730. The molecule has 0 fully saturated rings. The van der Waals surface area contributed by atoms with Gasteiger partial charge in [0.05, 0.1) is 23.9 Å². The summed E-state index contributed by atoms with van der Waals surface area (Å²) in [6.07, 6.45) is 9.28. The average molecular weight is 479 g/mol. The molecule has 0 amide bonds. The van der Waals surface area contributed by atoms with Crippen molar-refractivity contribution in [3.63, 3.8) is 0 Å². The maximum Gasteiger partial charge on any atom is 0.143 e. The molecule has 3 heterocycles. The van der Waals surface area contributed by atoms with E-state index in [4.69, 9.17) is 16.6 Å². The van der Waals surface area contributed by atoms with Crippen LogP contribution in [-0.4, -0.2) is 24.1 Å². The van der Waals surface area contributed by atoms with Gasteiger partial charge in [-0.3, -0.25) is 4.98 Å². The van der Waals surface area contributed by atoms with Gasteiger partial charge in [0.1, 0.15) is 5.82 Å². The summed E-state index contributed by atoms with van der Waals surface area (Å²) >= 11 is 9.66. The van der Waals surface area contributed by atoms with Gasteiger partial charge in [0.2, 0.25) is 0 Å². The quantitative estimate of drug-likeness (QED) is 0.320. The third kappa shape index (κ3) is 3.88. The molecule has 0 N–H and O–H groups in total. The van der Waals surface area contributed by atoms with Gasteiger partial charge in [-0.15, -0.1) is 0 Å². The van der Waals surface area contributed by atoms with Gasteiger partial charge in [0, 0.05) is 46.4 Å². The van der Waals surface area contributed by atoms with Crippen LogP contribution in [0.25, 0.3) is 22.4 Å². The van der Waals surface area contributed by atoms with Gasteiger partial charge in [-0.1, -0.05) is 39.7 Å². The lowest BCUT2D eigenvalue weighted by Crippen LogP contribution is -2.03. The zero-order valence-electron chi connectivity index (χ0n) is 15.9. The van der Waals surface area contributed by atoms with E-state index in [-0.39, 0.29) is 0 Å².